The van der Waals surface area contributed by atoms with Crippen LogP contribution in [0.2, 0.25) is 5.02 Å². The molecule has 0 atom stereocenters. The van der Waals surface area contributed by atoms with Crippen molar-refractivity contribution >= 4 is 32.4 Å². The van der Waals surface area contributed by atoms with Gasteiger partial charge in [0.15, 0.2) is 0 Å². The van der Waals surface area contributed by atoms with Crippen molar-refractivity contribution < 1.29 is 31.8 Å². The minimum absolute atomic E-state index is 0.0319. The summed E-state index contributed by atoms with van der Waals surface area (Å²) in [6.07, 6.45) is 0.340. The Morgan fingerprint density at radius 2 is 1.72 bits per heavy atom. The molecule has 2 heterocycles. The van der Waals surface area contributed by atoms with Gasteiger partial charge in [0.25, 0.3) is 9.84 Å². The Balaban J connectivity index is 1.28. The molecular formula is C27H21ClN2O8S. The lowest BCUT2D eigenvalue weighted by Crippen LogP contribution is -2.31. The highest BCUT2D eigenvalue weighted by molar-refractivity contribution is 7.91. The maximum Gasteiger partial charge on any atom is 0.415 e. The number of fused-ring (bicyclic) bond motifs is 1. The smallest absolute Gasteiger partial charge is 0.415 e. The van der Waals surface area contributed by atoms with E-state index in [9.17, 15) is 18.4 Å². The number of aryl methyl sites for hydroxylation is 1. The summed E-state index contributed by atoms with van der Waals surface area (Å²) in [4.78, 5) is 12.4. The summed E-state index contributed by atoms with van der Waals surface area (Å²) in [6, 6.07) is 19.8. The molecule has 200 valence electrons. The first kappa shape index (κ1) is 26.3. The molecule has 0 aliphatic carbocycles. The average molecular weight is 569 g/mol. The molecule has 2 aromatic heterocycles. The van der Waals surface area contributed by atoms with Crippen LogP contribution in [-0.4, -0.2) is 26.8 Å². The van der Waals surface area contributed by atoms with Crippen LogP contribution < -0.4 is 20.0 Å². The number of benzene rings is 3. The third-order valence-electron chi connectivity index (χ3n) is 6.03. The van der Waals surface area contributed by atoms with Gasteiger partial charge in [-0.25, -0.2) is 13.2 Å². The van der Waals surface area contributed by atoms with Gasteiger partial charge in [-0.3, -0.25) is 4.63 Å². The largest absolute Gasteiger partial charge is 0.490 e. The number of hydrogen-bond donors (Lipinski definition) is 0. The number of rotatable bonds is 9. The molecule has 0 aliphatic heterocycles. The molecular weight excluding hydrogens is 548 g/mol. The van der Waals surface area contributed by atoms with Crippen molar-refractivity contribution in [2.75, 3.05) is 13.2 Å². The van der Waals surface area contributed by atoms with Gasteiger partial charge >= 0.3 is 16.5 Å². The van der Waals surface area contributed by atoms with Gasteiger partial charge in [0.1, 0.15) is 24.5 Å². The Bertz CT molecular complexity index is 1820. The van der Waals surface area contributed by atoms with E-state index < -0.39 is 26.4 Å². The van der Waals surface area contributed by atoms with E-state index in [-0.39, 0.29) is 23.0 Å². The van der Waals surface area contributed by atoms with Gasteiger partial charge in [0.05, 0.1) is 10.1 Å². The molecule has 5 rings (SSSR count). The van der Waals surface area contributed by atoms with Crippen LogP contribution in [0.3, 0.4) is 0 Å². The highest BCUT2D eigenvalue weighted by Crippen LogP contribution is 2.27. The minimum atomic E-state index is -4.23. The van der Waals surface area contributed by atoms with Gasteiger partial charge in [-0.1, -0.05) is 48.0 Å². The van der Waals surface area contributed by atoms with E-state index in [1.54, 1.807) is 30.3 Å². The van der Waals surface area contributed by atoms with Gasteiger partial charge in [0, 0.05) is 28.5 Å². The summed E-state index contributed by atoms with van der Waals surface area (Å²) in [5, 5.41) is 16.0. The first-order chi connectivity index (χ1) is 18.8. The van der Waals surface area contributed by atoms with E-state index in [2.05, 4.69) is 9.79 Å². The lowest BCUT2D eigenvalue weighted by Gasteiger charge is -2.11. The molecule has 39 heavy (non-hydrogen) atoms. The number of aromatic nitrogens is 2. The van der Waals surface area contributed by atoms with Crippen molar-refractivity contribution in [3.63, 3.8) is 0 Å². The fraction of sp³-hybridized carbons (Fsp3) is 0.148. The maximum atomic E-state index is 12.8. The number of nitrogens with zero attached hydrogens (tertiary/aromatic N) is 2. The second-order valence-corrected chi connectivity index (χ2v) is 10.7. The second-order valence-electron chi connectivity index (χ2n) is 8.47. The third-order valence-corrected chi connectivity index (χ3v) is 8.12. The summed E-state index contributed by atoms with van der Waals surface area (Å²) >= 11 is 6.26. The Hall–Kier alpha value is -4.35. The molecule has 0 aliphatic rings. The summed E-state index contributed by atoms with van der Waals surface area (Å²) in [7, 11) is -4.23. The van der Waals surface area contributed by atoms with E-state index in [4.69, 9.17) is 25.5 Å². The standard InChI is InChI=1S/C27H21ClN2O8S/c1-17-21-12-11-19(16-24(21)37-27(31)22(17)15-18-7-5-6-10-23(18)28)35-13-14-36-25-26(30(32)38-29-25)39(33,34)20-8-3-2-4-9-20/h2-12,16H,13-15H2,1H3. The SMILES string of the molecule is Cc1c(Cc2ccccc2Cl)c(=O)oc2cc(OCCOc3no[n+]([O-])c3S(=O)(=O)c3ccccc3)ccc12. The molecule has 0 spiro atoms. The zero-order valence-corrected chi connectivity index (χ0v) is 22.1. The van der Waals surface area contributed by atoms with Crippen LogP contribution in [0.4, 0.5) is 0 Å². The van der Waals surface area contributed by atoms with Crippen LogP contribution >= 0.6 is 11.6 Å². The third kappa shape index (κ3) is 5.31. The molecule has 3 aromatic carbocycles. The summed E-state index contributed by atoms with van der Waals surface area (Å²) in [6.45, 7) is 1.67. The Kier molecular flexibility index (Phi) is 7.27. The molecule has 0 saturated carbocycles. The van der Waals surface area contributed by atoms with E-state index in [0.717, 1.165) is 16.5 Å². The van der Waals surface area contributed by atoms with Crippen LogP contribution in [-0.2, 0) is 16.3 Å². The van der Waals surface area contributed by atoms with E-state index in [0.29, 0.717) is 28.3 Å². The molecule has 10 nitrogen and oxygen atoms in total. The first-order valence-corrected chi connectivity index (χ1v) is 13.6. The predicted octanol–water partition coefficient (Wildman–Crippen LogP) is 4.26. The number of sulfone groups is 1. The molecule has 0 unspecified atom stereocenters. The van der Waals surface area contributed by atoms with Crippen molar-refractivity contribution in [3.8, 4) is 11.6 Å². The normalized spacial score (nSPS) is 11.5. The van der Waals surface area contributed by atoms with Crippen LogP contribution in [0.5, 0.6) is 11.6 Å². The van der Waals surface area contributed by atoms with Crippen molar-refractivity contribution in [2.24, 2.45) is 0 Å². The molecule has 0 radical (unpaired) electrons. The molecule has 0 fully saturated rings. The molecule has 0 N–H and O–H groups in total. The fourth-order valence-corrected chi connectivity index (χ4v) is 5.54. The lowest BCUT2D eigenvalue weighted by atomic mass is 9.99. The fourth-order valence-electron chi connectivity index (χ4n) is 4.04. The lowest BCUT2D eigenvalue weighted by molar-refractivity contribution is -0.832. The highest BCUT2D eigenvalue weighted by Gasteiger charge is 2.35. The molecule has 0 saturated heterocycles. The topological polar surface area (TPSA) is 136 Å². The van der Waals surface area contributed by atoms with Gasteiger partial charge in [-0.15, -0.1) is 0 Å². The van der Waals surface area contributed by atoms with Crippen LogP contribution in [0, 0.1) is 12.1 Å². The zero-order valence-electron chi connectivity index (χ0n) is 20.5. The van der Waals surface area contributed by atoms with Crippen LogP contribution in [0.25, 0.3) is 11.0 Å². The first-order valence-electron chi connectivity index (χ1n) is 11.7. The Labute approximate surface area is 227 Å². The summed E-state index contributed by atoms with van der Waals surface area (Å²) in [5.74, 6) is -0.0905. The Morgan fingerprint density at radius 1 is 1.00 bits per heavy atom. The molecule has 12 heteroatoms. The zero-order chi connectivity index (χ0) is 27.6. The van der Waals surface area contributed by atoms with Crippen LogP contribution in [0.15, 0.2) is 96.6 Å². The van der Waals surface area contributed by atoms with Gasteiger partial charge in [0.2, 0.25) is 0 Å². The highest BCUT2D eigenvalue weighted by atomic mass is 35.5. The van der Waals surface area contributed by atoms with E-state index in [1.165, 1.54) is 24.3 Å². The second kappa shape index (κ2) is 10.8. The average Bonchev–Trinajstić information content (AvgIpc) is 3.31. The van der Waals surface area contributed by atoms with E-state index >= 15 is 0 Å². The number of ether oxygens (including phenoxy) is 2. The molecule has 5 aromatic rings. The van der Waals surface area contributed by atoms with Crippen LogP contribution in [0.1, 0.15) is 16.7 Å². The van der Waals surface area contributed by atoms with E-state index in [1.807, 2.05) is 25.1 Å². The molecule has 0 bridgehead atoms. The van der Waals surface area contributed by atoms with Gasteiger partial charge in [-0.2, -0.15) is 0 Å². The summed E-state index contributed by atoms with van der Waals surface area (Å²) in [5.41, 5.74) is 1.99. The quantitative estimate of drug-likeness (QED) is 0.145. The maximum absolute atomic E-state index is 12.8. The predicted molar refractivity (Wildman–Crippen MR) is 140 cm³/mol. The van der Waals surface area contributed by atoms with Gasteiger partial charge in [-0.05, 0) is 53.3 Å². The summed E-state index contributed by atoms with van der Waals surface area (Å²) < 4.78 is 46.8. The monoisotopic (exact) mass is 568 g/mol. The van der Waals surface area contributed by atoms with Crippen molar-refractivity contribution in [1.82, 2.24) is 5.16 Å². The van der Waals surface area contributed by atoms with Gasteiger partial charge < -0.3 is 19.1 Å². The number of halogens is 1. The Morgan fingerprint density at radius 3 is 2.49 bits per heavy atom. The molecule has 0 amide bonds. The minimum Gasteiger partial charge on any atom is -0.490 e. The van der Waals surface area contributed by atoms with Crippen molar-refractivity contribution in [1.29, 1.82) is 0 Å². The van der Waals surface area contributed by atoms with Crippen molar-refractivity contribution in [2.45, 2.75) is 23.3 Å². The number of hydrogen-bond acceptors (Lipinski definition) is 9. The van der Waals surface area contributed by atoms with Crippen molar-refractivity contribution in [3.05, 3.63) is 110 Å².